The molecule has 0 radical (unpaired) electrons. The van der Waals surface area contributed by atoms with E-state index in [0.717, 1.165) is 29.1 Å². The molecular weight excluding hydrogens is 424 g/mol. The standard InChI is InChI=1S/C24H32N4O3S/c1-5-8-20(29)27-23(31)28-13-11-16(12-14-28)22-26-19(15-32-22)21(30)25-18-10-7-6-9-17(18)24(2,3)4/h6-7,9-10,15-16H,5,8,11-14H2,1-4H3,(H,25,30)(H,27,29,31). The predicted molar refractivity (Wildman–Crippen MR) is 127 cm³/mol. The number of para-hydroxylation sites is 1. The van der Waals surface area contributed by atoms with Gasteiger partial charge < -0.3 is 10.2 Å². The average Bonchev–Trinajstić information content (AvgIpc) is 3.24. The van der Waals surface area contributed by atoms with Crippen LogP contribution < -0.4 is 10.6 Å². The summed E-state index contributed by atoms with van der Waals surface area (Å²) in [5.41, 5.74) is 2.21. The summed E-state index contributed by atoms with van der Waals surface area (Å²) in [4.78, 5) is 43.0. The van der Waals surface area contributed by atoms with Crippen LogP contribution in [0.25, 0.3) is 0 Å². The van der Waals surface area contributed by atoms with Crippen molar-refractivity contribution in [2.45, 2.75) is 64.7 Å². The van der Waals surface area contributed by atoms with E-state index in [1.807, 2.05) is 31.2 Å². The molecule has 1 aromatic carbocycles. The van der Waals surface area contributed by atoms with E-state index in [0.29, 0.717) is 31.6 Å². The number of benzene rings is 1. The second-order valence-electron chi connectivity index (χ2n) is 9.19. The highest BCUT2D eigenvalue weighted by atomic mass is 32.1. The Bertz CT molecular complexity index is 972. The Balaban J connectivity index is 1.58. The number of carbonyl (C=O) groups is 3. The van der Waals surface area contributed by atoms with Gasteiger partial charge in [-0.3, -0.25) is 14.9 Å². The first-order valence-corrected chi connectivity index (χ1v) is 12.0. The molecule has 7 nitrogen and oxygen atoms in total. The topological polar surface area (TPSA) is 91.4 Å². The van der Waals surface area contributed by atoms with Gasteiger partial charge >= 0.3 is 6.03 Å². The van der Waals surface area contributed by atoms with Crippen LogP contribution in [-0.2, 0) is 10.2 Å². The van der Waals surface area contributed by atoms with Crippen molar-refractivity contribution < 1.29 is 14.4 Å². The monoisotopic (exact) mass is 456 g/mol. The SMILES string of the molecule is CCCC(=O)NC(=O)N1CCC(c2nc(C(=O)Nc3ccccc3C(C)(C)C)cs2)CC1. The van der Waals surface area contributed by atoms with Gasteiger partial charge in [-0.05, 0) is 36.3 Å². The zero-order valence-electron chi connectivity index (χ0n) is 19.2. The van der Waals surface area contributed by atoms with Gasteiger partial charge in [0.2, 0.25) is 5.91 Å². The predicted octanol–water partition coefficient (Wildman–Crippen LogP) is 4.91. The summed E-state index contributed by atoms with van der Waals surface area (Å²) in [6, 6.07) is 7.51. The third-order valence-corrected chi connectivity index (χ3v) is 6.60. The smallest absolute Gasteiger partial charge is 0.324 e. The molecule has 2 aromatic rings. The van der Waals surface area contributed by atoms with Crippen LogP contribution in [0.15, 0.2) is 29.6 Å². The van der Waals surface area contributed by atoms with Crippen LogP contribution in [0.4, 0.5) is 10.5 Å². The molecule has 2 heterocycles. The van der Waals surface area contributed by atoms with Crippen molar-refractivity contribution in [3.63, 3.8) is 0 Å². The van der Waals surface area contributed by atoms with Crippen LogP contribution >= 0.6 is 11.3 Å². The number of hydrogen-bond acceptors (Lipinski definition) is 5. The molecule has 0 spiro atoms. The molecule has 1 fully saturated rings. The van der Waals surface area contributed by atoms with Crippen LogP contribution in [0.3, 0.4) is 0 Å². The largest absolute Gasteiger partial charge is 0.324 e. The first-order valence-electron chi connectivity index (χ1n) is 11.1. The van der Waals surface area contributed by atoms with Gasteiger partial charge in [0, 0.05) is 36.5 Å². The van der Waals surface area contributed by atoms with Crippen molar-refractivity contribution in [3.05, 3.63) is 45.9 Å². The van der Waals surface area contributed by atoms with E-state index >= 15 is 0 Å². The molecule has 0 saturated carbocycles. The summed E-state index contributed by atoms with van der Waals surface area (Å²) < 4.78 is 0. The number of imide groups is 1. The van der Waals surface area contributed by atoms with E-state index in [1.165, 1.54) is 11.3 Å². The van der Waals surface area contributed by atoms with Crippen molar-refractivity contribution in [2.24, 2.45) is 0 Å². The van der Waals surface area contributed by atoms with Gasteiger partial charge in [-0.1, -0.05) is 45.9 Å². The Labute approximate surface area is 193 Å². The summed E-state index contributed by atoms with van der Waals surface area (Å²) in [6.45, 7) is 9.38. The molecule has 1 aliphatic rings. The number of thiazole rings is 1. The quantitative estimate of drug-likeness (QED) is 0.669. The Hall–Kier alpha value is -2.74. The lowest BCUT2D eigenvalue weighted by Crippen LogP contribution is -2.46. The number of aromatic nitrogens is 1. The number of urea groups is 1. The van der Waals surface area contributed by atoms with Gasteiger partial charge in [-0.15, -0.1) is 11.3 Å². The minimum absolute atomic E-state index is 0.0848. The Morgan fingerprint density at radius 2 is 1.84 bits per heavy atom. The Morgan fingerprint density at radius 1 is 1.16 bits per heavy atom. The fourth-order valence-electron chi connectivity index (χ4n) is 3.83. The molecule has 1 saturated heterocycles. The minimum Gasteiger partial charge on any atom is -0.324 e. The lowest BCUT2D eigenvalue weighted by Gasteiger charge is -2.30. The van der Waals surface area contributed by atoms with Crippen LogP contribution in [0.2, 0.25) is 0 Å². The molecule has 4 amide bonds. The summed E-state index contributed by atoms with van der Waals surface area (Å²) >= 11 is 1.49. The normalized spacial score (nSPS) is 14.8. The molecule has 8 heteroatoms. The van der Waals surface area contributed by atoms with Crippen LogP contribution in [0.1, 0.15) is 80.4 Å². The first-order chi connectivity index (χ1) is 15.2. The van der Waals surface area contributed by atoms with E-state index in [2.05, 4.69) is 36.4 Å². The van der Waals surface area contributed by atoms with E-state index in [9.17, 15) is 14.4 Å². The Morgan fingerprint density at radius 3 is 2.50 bits per heavy atom. The fraction of sp³-hybridized carbons (Fsp3) is 0.500. The van der Waals surface area contributed by atoms with Gasteiger partial charge in [-0.25, -0.2) is 9.78 Å². The van der Waals surface area contributed by atoms with Crippen molar-refractivity contribution >= 4 is 34.9 Å². The van der Waals surface area contributed by atoms with Gasteiger partial charge in [0.15, 0.2) is 0 Å². The molecule has 1 aliphatic heterocycles. The number of amides is 4. The molecule has 1 aromatic heterocycles. The molecule has 32 heavy (non-hydrogen) atoms. The second-order valence-corrected chi connectivity index (χ2v) is 10.1. The highest BCUT2D eigenvalue weighted by Gasteiger charge is 2.27. The maximum absolute atomic E-state index is 12.8. The third-order valence-electron chi connectivity index (χ3n) is 5.59. The highest BCUT2D eigenvalue weighted by molar-refractivity contribution is 7.10. The number of likely N-dealkylation sites (tertiary alicyclic amines) is 1. The van der Waals surface area contributed by atoms with E-state index in [-0.39, 0.29) is 29.2 Å². The maximum atomic E-state index is 12.8. The Kier molecular flexibility index (Phi) is 7.66. The average molecular weight is 457 g/mol. The van der Waals surface area contributed by atoms with Gasteiger partial charge in [0.25, 0.3) is 5.91 Å². The summed E-state index contributed by atoms with van der Waals surface area (Å²) in [7, 11) is 0. The zero-order chi connectivity index (χ0) is 23.3. The lowest BCUT2D eigenvalue weighted by atomic mass is 9.86. The number of hydrogen-bond donors (Lipinski definition) is 2. The fourth-order valence-corrected chi connectivity index (χ4v) is 4.80. The summed E-state index contributed by atoms with van der Waals surface area (Å²) in [6.07, 6.45) is 2.59. The number of rotatable bonds is 5. The van der Waals surface area contributed by atoms with Gasteiger partial charge in [-0.2, -0.15) is 0 Å². The summed E-state index contributed by atoms with van der Waals surface area (Å²) in [5, 5.41) is 8.17. The molecule has 3 rings (SSSR count). The van der Waals surface area contributed by atoms with Crippen molar-refractivity contribution in [1.82, 2.24) is 15.2 Å². The number of nitrogens with one attached hydrogen (secondary N) is 2. The minimum atomic E-state index is -0.321. The molecule has 0 bridgehead atoms. The maximum Gasteiger partial charge on any atom is 0.324 e. The molecule has 0 unspecified atom stereocenters. The summed E-state index contributed by atoms with van der Waals surface area (Å²) in [5.74, 6) is -0.238. The number of nitrogens with zero attached hydrogens (tertiary/aromatic N) is 2. The zero-order valence-corrected chi connectivity index (χ0v) is 20.1. The molecule has 0 aliphatic carbocycles. The first kappa shape index (κ1) is 23.9. The van der Waals surface area contributed by atoms with Crippen LogP contribution in [0, 0.1) is 0 Å². The highest BCUT2D eigenvalue weighted by Crippen LogP contribution is 2.32. The number of piperidine rings is 1. The van der Waals surface area contributed by atoms with E-state index in [4.69, 9.17) is 0 Å². The van der Waals surface area contributed by atoms with Crippen molar-refractivity contribution in [2.75, 3.05) is 18.4 Å². The number of anilines is 1. The third kappa shape index (κ3) is 5.94. The van der Waals surface area contributed by atoms with Gasteiger partial charge in [0.1, 0.15) is 5.69 Å². The molecular formula is C24H32N4O3S. The molecule has 2 N–H and O–H groups in total. The van der Waals surface area contributed by atoms with Crippen LogP contribution in [-0.4, -0.2) is 40.8 Å². The van der Waals surface area contributed by atoms with Crippen molar-refractivity contribution in [3.8, 4) is 0 Å². The van der Waals surface area contributed by atoms with Crippen molar-refractivity contribution in [1.29, 1.82) is 0 Å². The van der Waals surface area contributed by atoms with Crippen LogP contribution in [0.5, 0.6) is 0 Å². The number of carbonyl (C=O) groups excluding carboxylic acids is 3. The molecule has 0 atom stereocenters. The van der Waals surface area contributed by atoms with E-state index in [1.54, 1.807) is 10.3 Å². The molecule has 172 valence electrons. The second kappa shape index (κ2) is 10.3. The van der Waals surface area contributed by atoms with E-state index < -0.39 is 0 Å². The van der Waals surface area contributed by atoms with Gasteiger partial charge in [0.05, 0.1) is 5.01 Å². The lowest BCUT2D eigenvalue weighted by molar-refractivity contribution is -0.120.